The summed E-state index contributed by atoms with van der Waals surface area (Å²) in [6.07, 6.45) is 2.11. The lowest BCUT2D eigenvalue weighted by molar-refractivity contribution is 0.0697. The minimum atomic E-state index is -0.884. The van der Waals surface area contributed by atoms with E-state index >= 15 is 0 Å². The third kappa shape index (κ3) is 3.97. The van der Waals surface area contributed by atoms with Gasteiger partial charge in [0, 0.05) is 25.4 Å². The molecular weight excluding hydrogens is 254 g/mol. The fourth-order valence-corrected chi connectivity index (χ4v) is 2.53. The number of anilines is 1. The van der Waals surface area contributed by atoms with Gasteiger partial charge in [-0.05, 0) is 43.5 Å². The summed E-state index contributed by atoms with van der Waals surface area (Å²) in [5, 5.41) is 9.05. The van der Waals surface area contributed by atoms with Crippen molar-refractivity contribution in [3.05, 3.63) is 29.3 Å². The van der Waals surface area contributed by atoms with E-state index in [4.69, 9.17) is 9.84 Å². The largest absolute Gasteiger partial charge is 0.478 e. The van der Waals surface area contributed by atoms with Gasteiger partial charge in [-0.3, -0.25) is 0 Å². The molecule has 20 heavy (non-hydrogen) atoms. The predicted octanol–water partition coefficient (Wildman–Crippen LogP) is 3.33. The van der Waals surface area contributed by atoms with Crippen LogP contribution in [-0.2, 0) is 4.74 Å². The Morgan fingerprint density at radius 3 is 2.45 bits per heavy atom. The molecule has 1 rings (SSSR count). The molecular formula is C16H25NO3. The Morgan fingerprint density at radius 1 is 1.35 bits per heavy atom. The zero-order valence-corrected chi connectivity index (χ0v) is 12.8. The summed E-state index contributed by atoms with van der Waals surface area (Å²) in [6, 6.07) is 5.76. The van der Waals surface area contributed by atoms with E-state index in [2.05, 4.69) is 18.7 Å². The number of methoxy groups -OCH3 is 1. The molecule has 0 bridgehead atoms. The molecule has 0 aromatic heterocycles. The number of hydrogen-bond donors (Lipinski definition) is 1. The van der Waals surface area contributed by atoms with Gasteiger partial charge in [-0.15, -0.1) is 0 Å². The van der Waals surface area contributed by atoms with Gasteiger partial charge in [0.15, 0.2) is 0 Å². The van der Waals surface area contributed by atoms with E-state index in [9.17, 15) is 4.79 Å². The van der Waals surface area contributed by atoms with Gasteiger partial charge in [0.25, 0.3) is 0 Å². The second-order valence-electron chi connectivity index (χ2n) is 4.96. The van der Waals surface area contributed by atoms with Crippen LogP contribution in [0.3, 0.4) is 0 Å². The minimum Gasteiger partial charge on any atom is -0.478 e. The second-order valence-corrected chi connectivity index (χ2v) is 4.96. The third-order valence-corrected chi connectivity index (χ3v) is 3.67. The molecule has 0 radical (unpaired) electrons. The maximum absolute atomic E-state index is 11.0. The quantitative estimate of drug-likeness (QED) is 0.793. The van der Waals surface area contributed by atoms with E-state index in [0.717, 1.165) is 30.6 Å². The van der Waals surface area contributed by atoms with Gasteiger partial charge in [-0.1, -0.05) is 13.8 Å². The molecule has 0 aliphatic heterocycles. The number of ether oxygens (including phenoxy) is 1. The molecule has 0 unspecified atom stereocenters. The van der Waals surface area contributed by atoms with Gasteiger partial charge in [-0.25, -0.2) is 4.79 Å². The van der Waals surface area contributed by atoms with Gasteiger partial charge < -0.3 is 14.7 Å². The topological polar surface area (TPSA) is 49.8 Å². The highest BCUT2D eigenvalue weighted by molar-refractivity contribution is 5.88. The van der Waals surface area contributed by atoms with E-state index in [0.29, 0.717) is 18.2 Å². The minimum absolute atomic E-state index is 0.336. The van der Waals surface area contributed by atoms with Crippen molar-refractivity contribution < 1.29 is 14.6 Å². The number of carboxylic acids is 1. The fourth-order valence-electron chi connectivity index (χ4n) is 2.53. The first-order valence-corrected chi connectivity index (χ1v) is 7.14. The molecule has 0 saturated heterocycles. The zero-order chi connectivity index (χ0) is 15.1. The average molecular weight is 279 g/mol. The molecule has 4 nitrogen and oxygen atoms in total. The van der Waals surface area contributed by atoms with Gasteiger partial charge in [0.1, 0.15) is 0 Å². The highest BCUT2D eigenvalue weighted by Gasteiger charge is 2.18. The summed E-state index contributed by atoms with van der Waals surface area (Å²) < 4.78 is 5.20. The number of aryl methyl sites for hydroxylation is 1. The Balaban J connectivity index is 3.09. The lowest BCUT2D eigenvalue weighted by Gasteiger charge is -2.33. The molecule has 1 aromatic carbocycles. The van der Waals surface area contributed by atoms with Crippen LogP contribution < -0.4 is 4.90 Å². The van der Waals surface area contributed by atoms with Crippen LogP contribution in [-0.4, -0.2) is 37.4 Å². The molecule has 1 aromatic rings. The van der Waals surface area contributed by atoms with Crippen molar-refractivity contribution in [3.63, 3.8) is 0 Å². The van der Waals surface area contributed by atoms with Gasteiger partial charge in [0.05, 0.1) is 12.2 Å². The van der Waals surface area contributed by atoms with Crippen molar-refractivity contribution in [3.8, 4) is 0 Å². The van der Waals surface area contributed by atoms with Gasteiger partial charge in [0.2, 0.25) is 0 Å². The number of hydrogen-bond acceptors (Lipinski definition) is 3. The molecule has 0 amide bonds. The third-order valence-electron chi connectivity index (χ3n) is 3.67. The Bertz CT molecular complexity index is 441. The molecule has 0 fully saturated rings. The molecule has 1 N–H and O–H groups in total. The summed E-state index contributed by atoms with van der Waals surface area (Å²) in [5.41, 5.74) is 2.43. The van der Waals surface area contributed by atoms with Crippen molar-refractivity contribution >= 4 is 11.7 Å². The highest BCUT2D eigenvalue weighted by atomic mass is 16.5. The summed E-state index contributed by atoms with van der Waals surface area (Å²) >= 11 is 0. The zero-order valence-electron chi connectivity index (χ0n) is 12.8. The normalized spacial score (nSPS) is 10.8. The molecule has 0 heterocycles. The monoisotopic (exact) mass is 279 g/mol. The second kappa shape index (κ2) is 7.90. The van der Waals surface area contributed by atoms with E-state index in [1.165, 1.54) is 0 Å². The Labute approximate surface area is 121 Å². The lowest BCUT2D eigenvalue weighted by atomic mass is 10.0. The van der Waals surface area contributed by atoms with Crippen LogP contribution in [0.2, 0.25) is 0 Å². The van der Waals surface area contributed by atoms with Crippen LogP contribution in [0.1, 0.15) is 42.6 Å². The molecule has 0 spiro atoms. The smallest absolute Gasteiger partial charge is 0.335 e. The summed E-state index contributed by atoms with van der Waals surface area (Å²) in [7, 11) is 1.70. The van der Waals surface area contributed by atoms with Crippen LogP contribution in [0.4, 0.5) is 5.69 Å². The van der Waals surface area contributed by atoms with Gasteiger partial charge >= 0.3 is 5.97 Å². The number of carbonyl (C=O) groups is 1. The fraction of sp³-hybridized carbons (Fsp3) is 0.562. The Hall–Kier alpha value is -1.55. The van der Waals surface area contributed by atoms with Crippen LogP contribution in [0, 0.1) is 6.92 Å². The summed E-state index contributed by atoms with van der Waals surface area (Å²) in [5.74, 6) is -0.884. The number of nitrogens with zero attached hydrogens (tertiary/aromatic N) is 1. The van der Waals surface area contributed by atoms with Crippen molar-refractivity contribution in [2.75, 3.05) is 25.2 Å². The number of carboxylic acid groups (broad SMARTS) is 1. The number of rotatable bonds is 8. The first-order valence-electron chi connectivity index (χ1n) is 7.14. The molecule has 4 heteroatoms. The van der Waals surface area contributed by atoms with Crippen LogP contribution in [0.15, 0.2) is 18.2 Å². The first kappa shape index (κ1) is 16.5. The van der Waals surface area contributed by atoms with Crippen molar-refractivity contribution in [1.82, 2.24) is 0 Å². The van der Waals surface area contributed by atoms with Crippen LogP contribution >= 0.6 is 0 Å². The highest BCUT2D eigenvalue weighted by Crippen LogP contribution is 2.25. The number of benzene rings is 1. The lowest BCUT2D eigenvalue weighted by Crippen LogP contribution is -2.37. The standard InChI is InChI=1S/C16H25NO3/c1-5-14(6-2)17(9-10-20-4)15-8-7-13(16(18)19)11-12(15)3/h7-8,11,14H,5-6,9-10H2,1-4H3,(H,18,19). The van der Waals surface area contributed by atoms with E-state index in [1.807, 2.05) is 13.0 Å². The molecule has 0 saturated carbocycles. The van der Waals surface area contributed by atoms with Crippen molar-refractivity contribution in [2.24, 2.45) is 0 Å². The first-order chi connectivity index (χ1) is 9.54. The van der Waals surface area contributed by atoms with E-state index in [1.54, 1.807) is 19.2 Å². The molecule has 0 aliphatic rings. The maximum Gasteiger partial charge on any atom is 0.335 e. The number of aromatic carboxylic acids is 1. The summed E-state index contributed by atoms with van der Waals surface area (Å²) in [6.45, 7) is 7.79. The summed E-state index contributed by atoms with van der Waals surface area (Å²) in [4.78, 5) is 13.3. The Kier molecular flexibility index (Phi) is 6.52. The van der Waals surface area contributed by atoms with Crippen molar-refractivity contribution in [1.29, 1.82) is 0 Å². The molecule has 112 valence electrons. The molecule has 0 atom stereocenters. The molecule has 0 aliphatic carbocycles. The van der Waals surface area contributed by atoms with E-state index < -0.39 is 5.97 Å². The SMILES string of the molecule is CCC(CC)N(CCOC)c1ccc(C(=O)O)cc1C. The van der Waals surface area contributed by atoms with Crippen LogP contribution in [0.25, 0.3) is 0 Å². The Morgan fingerprint density at radius 2 is 2.00 bits per heavy atom. The maximum atomic E-state index is 11.0. The van der Waals surface area contributed by atoms with E-state index in [-0.39, 0.29) is 0 Å². The van der Waals surface area contributed by atoms with Gasteiger partial charge in [-0.2, -0.15) is 0 Å². The predicted molar refractivity (Wildman–Crippen MR) is 81.7 cm³/mol. The average Bonchev–Trinajstić information content (AvgIpc) is 2.43. The van der Waals surface area contributed by atoms with Crippen molar-refractivity contribution in [2.45, 2.75) is 39.7 Å². The van der Waals surface area contributed by atoms with Crippen LogP contribution in [0.5, 0.6) is 0 Å².